The van der Waals surface area contributed by atoms with Crippen LogP contribution in [0.5, 0.6) is 0 Å². The van der Waals surface area contributed by atoms with E-state index < -0.39 is 23.9 Å². The third-order valence-corrected chi connectivity index (χ3v) is 4.22. The highest BCUT2D eigenvalue weighted by molar-refractivity contribution is 5.90. The summed E-state index contributed by atoms with van der Waals surface area (Å²) < 4.78 is 39.6. The third kappa shape index (κ3) is 4.53. The smallest absolute Gasteiger partial charge is 0.393 e. The molecule has 2 amide bonds. The Labute approximate surface area is 138 Å². The van der Waals surface area contributed by atoms with Gasteiger partial charge in [0.25, 0.3) is 0 Å². The number of aliphatic hydroxyl groups excluding tert-OH is 1. The number of hydrogen-bond donors (Lipinski definition) is 3. The zero-order chi connectivity index (χ0) is 17.9. The lowest BCUT2D eigenvalue weighted by atomic mass is 10.1. The number of anilines is 2. The quantitative estimate of drug-likeness (QED) is 0.786. The first-order chi connectivity index (χ1) is 11.2. The fraction of sp³-hybridized carbons (Fsp3) is 0.562. The summed E-state index contributed by atoms with van der Waals surface area (Å²) in [4.78, 5) is 13.4. The Balaban J connectivity index is 2.06. The van der Waals surface area contributed by atoms with Gasteiger partial charge >= 0.3 is 12.2 Å². The van der Waals surface area contributed by atoms with Crippen molar-refractivity contribution >= 4 is 17.4 Å². The molecule has 24 heavy (non-hydrogen) atoms. The van der Waals surface area contributed by atoms with Gasteiger partial charge in [-0.15, -0.1) is 0 Å². The van der Waals surface area contributed by atoms with E-state index >= 15 is 0 Å². The first-order valence-corrected chi connectivity index (χ1v) is 7.80. The van der Waals surface area contributed by atoms with Crippen LogP contribution < -0.4 is 15.5 Å². The fourth-order valence-corrected chi connectivity index (χ4v) is 2.80. The Bertz CT molecular complexity index is 590. The number of urea groups is 1. The van der Waals surface area contributed by atoms with E-state index in [9.17, 15) is 23.1 Å². The number of nitrogens with one attached hydrogen (secondary N) is 2. The van der Waals surface area contributed by atoms with Crippen molar-refractivity contribution in [3.63, 3.8) is 0 Å². The summed E-state index contributed by atoms with van der Waals surface area (Å²) in [6.07, 6.45) is -2.66. The van der Waals surface area contributed by atoms with Crippen LogP contribution in [0.3, 0.4) is 0 Å². The standard InChI is InChI=1S/C16H22F3N3O2/c1-22(2)11-6-7-13(12(8-11)16(17,18)19)21-15(24)20-9-10-4-3-5-14(10)23/h6-8,10,14,23H,3-5,9H2,1-2H3,(H2,20,21,24)/t10-,14+/m0/s1. The molecule has 0 saturated heterocycles. The van der Waals surface area contributed by atoms with E-state index in [-0.39, 0.29) is 18.2 Å². The minimum absolute atomic E-state index is 0.0473. The molecule has 2 rings (SSSR count). The Morgan fingerprint density at radius 1 is 1.33 bits per heavy atom. The molecule has 1 aliphatic carbocycles. The largest absolute Gasteiger partial charge is 0.418 e. The number of hydrogen-bond acceptors (Lipinski definition) is 3. The van der Waals surface area contributed by atoms with Crippen molar-refractivity contribution in [1.29, 1.82) is 0 Å². The van der Waals surface area contributed by atoms with Crippen LogP contribution in [-0.2, 0) is 6.18 Å². The Morgan fingerprint density at radius 2 is 2.04 bits per heavy atom. The van der Waals surface area contributed by atoms with Crippen molar-refractivity contribution in [3.05, 3.63) is 23.8 Å². The number of benzene rings is 1. The molecule has 0 unspecified atom stereocenters. The molecular weight excluding hydrogens is 323 g/mol. The maximum atomic E-state index is 13.2. The topological polar surface area (TPSA) is 64.6 Å². The first-order valence-electron chi connectivity index (χ1n) is 7.80. The summed E-state index contributed by atoms with van der Waals surface area (Å²) in [5.74, 6) is -0.0473. The summed E-state index contributed by atoms with van der Waals surface area (Å²) in [5, 5.41) is 14.5. The van der Waals surface area contributed by atoms with Crippen LogP contribution in [0, 0.1) is 5.92 Å². The SMILES string of the molecule is CN(C)c1ccc(NC(=O)NC[C@@H]2CCC[C@H]2O)c(C(F)(F)F)c1. The predicted molar refractivity (Wildman–Crippen MR) is 86.1 cm³/mol. The lowest BCUT2D eigenvalue weighted by molar-refractivity contribution is -0.136. The van der Waals surface area contributed by atoms with Gasteiger partial charge in [0.2, 0.25) is 0 Å². The van der Waals surface area contributed by atoms with Gasteiger partial charge in [0, 0.05) is 32.2 Å². The van der Waals surface area contributed by atoms with Gasteiger partial charge in [-0.25, -0.2) is 4.79 Å². The lowest BCUT2D eigenvalue weighted by Crippen LogP contribution is -2.35. The second-order valence-electron chi connectivity index (χ2n) is 6.22. The summed E-state index contributed by atoms with van der Waals surface area (Å²) in [6.45, 7) is 0.240. The molecule has 0 spiro atoms. The number of carbonyl (C=O) groups is 1. The van der Waals surface area contributed by atoms with E-state index in [0.29, 0.717) is 12.1 Å². The van der Waals surface area contributed by atoms with Gasteiger partial charge in [0.15, 0.2) is 0 Å². The molecule has 0 radical (unpaired) electrons. The molecular formula is C16H22F3N3O2. The predicted octanol–water partition coefficient (Wildman–Crippen LogP) is 3.05. The van der Waals surface area contributed by atoms with Crippen molar-refractivity contribution in [2.75, 3.05) is 30.9 Å². The molecule has 1 aromatic carbocycles. The van der Waals surface area contributed by atoms with Crippen LogP contribution in [0.4, 0.5) is 29.3 Å². The van der Waals surface area contributed by atoms with Crippen LogP contribution in [0.15, 0.2) is 18.2 Å². The molecule has 134 valence electrons. The summed E-state index contributed by atoms with van der Waals surface area (Å²) >= 11 is 0. The summed E-state index contributed by atoms with van der Waals surface area (Å²) in [5.41, 5.74) is -0.801. The van der Waals surface area contributed by atoms with Crippen LogP contribution in [0.2, 0.25) is 0 Å². The number of carbonyl (C=O) groups excluding carboxylic acids is 1. The number of halogens is 3. The van der Waals surface area contributed by atoms with Crippen LogP contribution >= 0.6 is 0 Å². The van der Waals surface area contributed by atoms with E-state index in [4.69, 9.17) is 0 Å². The van der Waals surface area contributed by atoms with Gasteiger partial charge in [0.1, 0.15) is 0 Å². The zero-order valence-corrected chi connectivity index (χ0v) is 13.7. The van der Waals surface area contributed by atoms with Crippen molar-refractivity contribution in [2.24, 2.45) is 5.92 Å². The highest BCUT2D eigenvalue weighted by Crippen LogP contribution is 2.37. The molecule has 1 saturated carbocycles. The molecule has 8 heteroatoms. The minimum atomic E-state index is -4.57. The maximum absolute atomic E-state index is 13.2. The van der Waals surface area contributed by atoms with Crippen molar-refractivity contribution in [3.8, 4) is 0 Å². The fourth-order valence-electron chi connectivity index (χ4n) is 2.80. The maximum Gasteiger partial charge on any atom is 0.418 e. The molecule has 2 atom stereocenters. The van der Waals surface area contributed by atoms with Crippen LogP contribution in [0.1, 0.15) is 24.8 Å². The second-order valence-corrected chi connectivity index (χ2v) is 6.22. The molecule has 1 aliphatic rings. The number of nitrogens with zero attached hydrogens (tertiary/aromatic N) is 1. The average Bonchev–Trinajstić information content (AvgIpc) is 2.89. The monoisotopic (exact) mass is 345 g/mol. The van der Waals surface area contributed by atoms with E-state index in [1.807, 2.05) is 0 Å². The number of aliphatic hydroxyl groups is 1. The molecule has 0 aliphatic heterocycles. The number of amides is 2. The van der Waals surface area contributed by atoms with Gasteiger partial charge < -0.3 is 20.6 Å². The van der Waals surface area contributed by atoms with Gasteiger partial charge in [0.05, 0.1) is 17.4 Å². The second kappa shape index (κ2) is 7.29. The van der Waals surface area contributed by atoms with Crippen LogP contribution in [0.25, 0.3) is 0 Å². The van der Waals surface area contributed by atoms with Crippen molar-refractivity contribution in [1.82, 2.24) is 5.32 Å². The Kier molecular flexibility index (Phi) is 5.58. The first kappa shape index (κ1) is 18.4. The third-order valence-electron chi connectivity index (χ3n) is 4.22. The molecule has 1 fully saturated rings. The molecule has 0 bridgehead atoms. The van der Waals surface area contributed by atoms with Gasteiger partial charge in [-0.1, -0.05) is 6.42 Å². The van der Waals surface area contributed by atoms with Crippen molar-refractivity contribution in [2.45, 2.75) is 31.5 Å². The van der Waals surface area contributed by atoms with Gasteiger partial charge in [-0.05, 0) is 31.0 Å². The zero-order valence-electron chi connectivity index (χ0n) is 13.7. The molecule has 3 N–H and O–H groups in total. The van der Waals surface area contributed by atoms with Crippen LogP contribution in [-0.4, -0.2) is 37.9 Å². The van der Waals surface area contributed by atoms with Crippen molar-refractivity contribution < 1.29 is 23.1 Å². The minimum Gasteiger partial charge on any atom is -0.393 e. The Morgan fingerprint density at radius 3 is 2.58 bits per heavy atom. The van der Waals surface area contributed by atoms with E-state index in [1.54, 1.807) is 19.0 Å². The lowest BCUT2D eigenvalue weighted by Gasteiger charge is -2.19. The highest BCUT2D eigenvalue weighted by Gasteiger charge is 2.34. The van der Waals surface area contributed by atoms with E-state index in [1.165, 1.54) is 12.1 Å². The summed E-state index contributed by atoms with van der Waals surface area (Å²) in [6, 6.07) is 3.03. The Hall–Kier alpha value is -1.96. The van der Waals surface area contributed by atoms with E-state index in [0.717, 1.165) is 18.9 Å². The normalized spacial score (nSPS) is 20.8. The highest BCUT2D eigenvalue weighted by atomic mass is 19.4. The molecule has 5 nitrogen and oxygen atoms in total. The summed E-state index contributed by atoms with van der Waals surface area (Å²) in [7, 11) is 3.28. The number of alkyl halides is 3. The molecule has 0 aromatic heterocycles. The number of rotatable bonds is 4. The van der Waals surface area contributed by atoms with Gasteiger partial charge in [-0.3, -0.25) is 0 Å². The van der Waals surface area contributed by atoms with Gasteiger partial charge in [-0.2, -0.15) is 13.2 Å². The molecule has 0 heterocycles. The average molecular weight is 345 g/mol. The molecule has 1 aromatic rings. The van der Waals surface area contributed by atoms with E-state index in [2.05, 4.69) is 10.6 Å².